The third-order valence-corrected chi connectivity index (χ3v) is 2.00. The number of carbonyl (C=O) groups is 1. The Kier molecular flexibility index (Phi) is 3.40. The lowest BCUT2D eigenvalue weighted by atomic mass is 10.0. The van der Waals surface area contributed by atoms with E-state index in [0.717, 1.165) is 11.1 Å². The van der Waals surface area contributed by atoms with E-state index in [1.165, 1.54) is 7.11 Å². The van der Waals surface area contributed by atoms with Gasteiger partial charge in [-0.2, -0.15) is 0 Å². The second-order valence-corrected chi connectivity index (χ2v) is 2.88. The fourth-order valence-corrected chi connectivity index (χ4v) is 1.26. The number of esters is 1. The molecule has 0 atom stereocenters. The molecular formula is C11H13NO2. The van der Waals surface area contributed by atoms with E-state index >= 15 is 0 Å². The summed E-state index contributed by atoms with van der Waals surface area (Å²) < 4.78 is 4.64. The fourth-order valence-electron chi connectivity index (χ4n) is 1.26. The predicted octanol–water partition coefficient (Wildman–Crippen LogP) is 1.59. The molecule has 1 aromatic carbocycles. The van der Waals surface area contributed by atoms with Crippen LogP contribution in [0.3, 0.4) is 0 Å². The Labute approximate surface area is 83.4 Å². The molecule has 0 aromatic heterocycles. The molecule has 3 nitrogen and oxygen atoms in total. The largest absolute Gasteiger partial charge is 0.464 e. The summed E-state index contributed by atoms with van der Waals surface area (Å²) in [6.07, 6.45) is 0. The highest BCUT2D eigenvalue weighted by atomic mass is 16.5. The van der Waals surface area contributed by atoms with Gasteiger partial charge in [-0.05, 0) is 12.5 Å². The van der Waals surface area contributed by atoms with Crippen molar-refractivity contribution >= 4 is 11.7 Å². The van der Waals surface area contributed by atoms with Gasteiger partial charge in [0.15, 0.2) is 0 Å². The van der Waals surface area contributed by atoms with Crippen LogP contribution in [0.2, 0.25) is 0 Å². The molecule has 0 radical (unpaired) electrons. The van der Waals surface area contributed by atoms with Gasteiger partial charge in [0.2, 0.25) is 0 Å². The number of rotatable bonds is 2. The lowest BCUT2D eigenvalue weighted by Gasteiger charge is -2.06. The molecule has 1 rings (SSSR count). The first-order valence-electron chi connectivity index (χ1n) is 4.31. The molecule has 0 spiro atoms. The molecule has 0 fully saturated rings. The maximum absolute atomic E-state index is 11.3. The molecule has 0 saturated carbocycles. The standard InChI is InChI=1S/C11H13NO2/c1-8-6-4-5-7-9(8)10(12-2)11(13)14-3/h4-7H,1-3H3. The van der Waals surface area contributed by atoms with Crippen molar-refractivity contribution in [3.05, 3.63) is 35.4 Å². The first-order chi connectivity index (χ1) is 6.70. The zero-order valence-electron chi connectivity index (χ0n) is 8.57. The smallest absolute Gasteiger partial charge is 0.356 e. The van der Waals surface area contributed by atoms with Crippen LogP contribution < -0.4 is 0 Å². The third-order valence-electron chi connectivity index (χ3n) is 2.00. The van der Waals surface area contributed by atoms with E-state index in [-0.39, 0.29) is 0 Å². The summed E-state index contributed by atoms with van der Waals surface area (Å²) in [6, 6.07) is 7.58. The van der Waals surface area contributed by atoms with Gasteiger partial charge in [-0.25, -0.2) is 4.79 Å². The molecule has 74 valence electrons. The fraction of sp³-hybridized carbons (Fsp3) is 0.273. The quantitative estimate of drug-likeness (QED) is 0.526. The Bertz CT molecular complexity index is 369. The molecule has 0 saturated heterocycles. The van der Waals surface area contributed by atoms with E-state index in [9.17, 15) is 4.79 Å². The highest BCUT2D eigenvalue weighted by Crippen LogP contribution is 2.09. The van der Waals surface area contributed by atoms with Crippen LogP contribution in [0.1, 0.15) is 11.1 Å². The number of nitrogens with zero attached hydrogens (tertiary/aromatic N) is 1. The van der Waals surface area contributed by atoms with Gasteiger partial charge in [0.25, 0.3) is 0 Å². The second-order valence-electron chi connectivity index (χ2n) is 2.88. The molecule has 0 aliphatic rings. The van der Waals surface area contributed by atoms with Crippen molar-refractivity contribution in [2.75, 3.05) is 14.2 Å². The van der Waals surface area contributed by atoms with Crippen LogP contribution in [0, 0.1) is 6.92 Å². The Hall–Kier alpha value is -1.64. The topological polar surface area (TPSA) is 38.7 Å². The molecular weight excluding hydrogens is 178 g/mol. The van der Waals surface area contributed by atoms with Crippen molar-refractivity contribution in [2.45, 2.75) is 6.92 Å². The van der Waals surface area contributed by atoms with E-state index < -0.39 is 5.97 Å². The molecule has 1 aromatic rings. The molecule has 0 heterocycles. The van der Waals surface area contributed by atoms with Crippen molar-refractivity contribution in [1.82, 2.24) is 0 Å². The molecule has 0 N–H and O–H groups in total. The SMILES string of the molecule is CN=C(C(=O)OC)c1ccccc1C. The van der Waals surface area contributed by atoms with Crippen LogP contribution in [0.15, 0.2) is 29.3 Å². The van der Waals surface area contributed by atoms with Crippen LogP contribution in [-0.2, 0) is 9.53 Å². The van der Waals surface area contributed by atoms with Crippen LogP contribution >= 0.6 is 0 Å². The van der Waals surface area contributed by atoms with Gasteiger partial charge in [-0.15, -0.1) is 0 Å². The minimum Gasteiger partial charge on any atom is -0.464 e. The second kappa shape index (κ2) is 4.56. The Morgan fingerprint density at radius 1 is 1.36 bits per heavy atom. The van der Waals surface area contributed by atoms with Crippen molar-refractivity contribution in [3.8, 4) is 0 Å². The summed E-state index contributed by atoms with van der Waals surface area (Å²) in [5.74, 6) is -0.401. The first kappa shape index (κ1) is 10.4. The van der Waals surface area contributed by atoms with Gasteiger partial charge in [-0.3, -0.25) is 4.99 Å². The number of hydrogen-bond donors (Lipinski definition) is 0. The maximum Gasteiger partial charge on any atom is 0.356 e. The Morgan fingerprint density at radius 3 is 2.50 bits per heavy atom. The summed E-state index contributed by atoms with van der Waals surface area (Å²) in [5.41, 5.74) is 2.20. The number of aliphatic imine (C=N–C) groups is 1. The van der Waals surface area contributed by atoms with Gasteiger partial charge in [0.1, 0.15) is 5.71 Å². The van der Waals surface area contributed by atoms with E-state index in [0.29, 0.717) is 5.71 Å². The van der Waals surface area contributed by atoms with E-state index in [4.69, 9.17) is 0 Å². The minimum atomic E-state index is -0.401. The van der Waals surface area contributed by atoms with E-state index in [2.05, 4.69) is 9.73 Å². The summed E-state index contributed by atoms with van der Waals surface area (Å²) in [5, 5.41) is 0. The number of ether oxygens (including phenoxy) is 1. The van der Waals surface area contributed by atoms with Gasteiger partial charge in [-0.1, -0.05) is 24.3 Å². The average Bonchev–Trinajstić information content (AvgIpc) is 2.21. The zero-order valence-corrected chi connectivity index (χ0v) is 8.57. The molecule has 0 amide bonds. The Balaban J connectivity index is 3.15. The number of aryl methyl sites for hydroxylation is 1. The summed E-state index contributed by atoms with van der Waals surface area (Å²) >= 11 is 0. The average molecular weight is 191 g/mol. The van der Waals surface area contributed by atoms with Crippen molar-refractivity contribution in [3.63, 3.8) is 0 Å². The molecule has 0 aliphatic carbocycles. The van der Waals surface area contributed by atoms with Gasteiger partial charge in [0.05, 0.1) is 7.11 Å². The number of methoxy groups -OCH3 is 1. The lowest BCUT2D eigenvalue weighted by molar-refractivity contribution is -0.132. The third kappa shape index (κ3) is 1.99. The minimum absolute atomic E-state index is 0.366. The van der Waals surface area contributed by atoms with Crippen LogP contribution in [0.25, 0.3) is 0 Å². The van der Waals surface area contributed by atoms with E-state index in [1.54, 1.807) is 7.05 Å². The summed E-state index contributed by atoms with van der Waals surface area (Å²) in [7, 11) is 2.93. The van der Waals surface area contributed by atoms with Gasteiger partial charge < -0.3 is 4.74 Å². The van der Waals surface area contributed by atoms with Crippen LogP contribution in [-0.4, -0.2) is 25.8 Å². The highest BCUT2D eigenvalue weighted by Gasteiger charge is 2.14. The molecule has 14 heavy (non-hydrogen) atoms. The number of carbonyl (C=O) groups excluding carboxylic acids is 1. The van der Waals surface area contributed by atoms with Crippen molar-refractivity contribution < 1.29 is 9.53 Å². The number of hydrogen-bond acceptors (Lipinski definition) is 3. The zero-order chi connectivity index (χ0) is 10.6. The molecule has 0 bridgehead atoms. The monoisotopic (exact) mass is 191 g/mol. The highest BCUT2D eigenvalue weighted by molar-refractivity contribution is 6.43. The lowest BCUT2D eigenvalue weighted by Crippen LogP contribution is -2.18. The first-order valence-corrected chi connectivity index (χ1v) is 4.31. The van der Waals surface area contributed by atoms with Gasteiger partial charge >= 0.3 is 5.97 Å². The molecule has 0 unspecified atom stereocenters. The van der Waals surface area contributed by atoms with Crippen LogP contribution in [0.5, 0.6) is 0 Å². The molecule has 0 aliphatic heterocycles. The Morgan fingerprint density at radius 2 is 2.00 bits per heavy atom. The molecule has 3 heteroatoms. The normalized spacial score (nSPS) is 11.2. The van der Waals surface area contributed by atoms with Gasteiger partial charge in [0, 0.05) is 12.6 Å². The van der Waals surface area contributed by atoms with Crippen molar-refractivity contribution in [2.24, 2.45) is 4.99 Å². The van der Waals surface area contributed by atoms with Crippen LogP contribution in [0.4, 0.5) is 0 Å². The summed E-state index contributed by atoms with van der Waals surface area (Å²) in [4.78, 5) is 15.3. The summed E-state index contributed by atoms with van der Waals surface area (Å²) in [6.45, 7) is 1.93. The van der Waals surface area contributed by atoms with Crippen molar-refractivity contribution in [1.29, 1.82) is 0 Å². The van der Waals surface area contributed by atoms with E-state index in [1.807, 2.05) is 31.2 Å². The maximum atomic E-state index is 11.3. The predicted molar refractivity (Wildman–Crippen MR) is 55.7 cm³/mol. The number of benzene rings is 1.